The van der Waals surface area contributed by atoms with Crippen molar-refractivity contribution in [3.8, 4) is 11.5 Å². The fraction of sp³-hybridized carbons (Fsp3) is 0.360. The van der Waals surface area contributed by atoms with Crippen LogP contribution in [0.2, 0.25) is 5.02 Å². The van der Waals surface area contributed by atoms with E-state index in [1.54, 1.807) is 0 Å². The van der Waals surface area contributed by atoms with Crippen LogP contribution >= 0.6 is 11.6 Å². The Kier molecular flexibility index (Phi) is 6.73. The van der Waals surface area contributed by atoms with Gasteiger partial charge in [0.05, 0.1) is 11.7 Å². The number of oxazole rings is 1. The molecule has 2 heterocycles. The molecule has 3 aromatic rings. The highest BCUT2D eigenvalue weighted by molar-refractivity contribution is 6.30. The Labute approximate surface area is 188 Å². The number of carbonyl (C=O) groups excluding carboxylic acids is 1. The van der Waals surface area contributed by atoms with Crippen molar-refractivity contribution in [1.82, 2.24) is 15.2 Å². The molecule has 1 aromatic heterocycles. The first-order chi connectivity index (χ1) is 15.0. The van der Waals surface area contributed by atoms with Crippen molar-refractivity contribution in [1.29, 1.82) is 0 Å². The number of nitrogens with one attached hydrogen (secondary N) is 1. The van der Waals surface area contributed by atoms with Gasteiger partial charge in [-0.15, -0.1) is 0 Å². The smallest absolute Gasteiger partial charge is 0.226 e. The van der Waals surface area contributed by atoms with Crippen LogP contribution in [0, 0.1) is 12.8 Å². The van der Waals surface area contributed by atoms with E-state index in [1.165, 1.54) is 0 Å². The molecule has 0 radical (unpaired) electrons. The van der Waals surface area contributed by atoms with Crippen molar-refractivity contribution in [2.75, 3.05) is 13.1 Å². The van der Waals surface area contributed by atoms with E-state index in [4.69, 9.17) is 21.0 Å². The molecule has 1 saturated heterocycles. The molecule has 0 bridgehead atoms. The zero-order valence-electron chi connectivity index (χ0n) is 18.0. The normalized spacial score (nSPS) is 16.2. The molecule has 0 unspecified atom stereocenters. The van der Waals surface area contributed by atoms with Gasteiger partial charge in [0.15, 0.2) is 0 Å². The number of amides is 1. The molecule has 1 aliphatic heterocycles. The lowest BCUT2D eigenvalue weighted by atomic mass is 9.95. The Morgan fingerprint density at radius 1 is 1.16 bits per heavy atom. The van der Waals surface area contributed by atoms with Gasteiger partial charge < -0.3 is 9.73 Å². The second-order valence-electron chi connectivity index (χ2n) is 8.22. The Morgan fingerprint density at radius 3 is 2.52 bits per heavy atom. The summed E-state index contributed by atoms with van der Waals surface area (Å²) in [6.45, 7) is 6.47. The first-order valence-electron chi connectivity index (χ1n) is 10.8. The highest BCUT2D eigenvalue weighted by Crippen LogP contribution is 2.26. The molecule has 162 valence electrons. The number of hydrogen-bond donors (Lipinski definition) is 1. The van der Waals surface area contributed by atoms with E-state index in [1.807, 2.05) is 68.4 Å². The predicted octanol–water partition coefficient (Wildman–Crippen LogP) is 5.39. The van der Waals surface area contributed by atoms with Gasteiger partial charge in [-0.25, -0.2) is 4.98 Å². The quantitative estimate of drug-likeness (QED) is 0.561. The van der Waals surface area contributed by atoms with Gasteiger partial charge in [-0.1, -0.05) is 41.9 Å². The van der Waals surface area contributed by atoms with E-state index >= 15 is 0 Å². The largest absolute Gasteiger partial charge is 0.441 e. The summed E-state index contributed by atoms with van der Waals surface area (Å²) >= 11 is 5.97. The fourth-order valence-corrected chi connectivity index (χ4v) is 4.14. The van der Waals surface area contributed by atoms with Crippen molar-refractivity contribution in [2.24, 2.45) is 5.92 Å². The maximum Gasteiger partial charge on any atom is 0.226 e. The minimum atomic E-state index is 0.0239. The van der Waals surface area contributed by atoms with Crippen molar-refractivity contribution in [3.63, 3.8) is 0 Å². The lowest BCUT2D eigenvalue weighted by Crippen LogP contribution is -2.41. The Bertz CT molecular complexity index is 1010. The summed E-state index contributed by atoms with van der Waals surface area (Å²) in [7, 11) is 0. The highest BCUT2D eigenvalue weighted by Gasteiger charge is 2.27. The van der Waals surface area contributed by atoms with E-state index in [9.17, 15) is 4.79 Å². The van der Waals surface area contributed by atoms with E-state index in [0.717, 1.165) is 55.1 Å². The molecule has 4 rings (SSSR count). The van der Waals surface area contributed by atoms with Crippen LogP contribution in [0.25, 0.3) is 11.5 Å². The predicted molar refractivity (Wildman–Crippen MR) is 123 cm³/mol. The molecule has 1 amide bonds. The summed E-state index contributed by atoms with van der Waals surface area (Å²) in [5, 5.41) is 3.86. The van der Waals surface area contributed by atoms with Gasteiger partial charge in [-0.2, -0.15) is 0 Å². The number of rotatable bonds is 6. The Hall–Kier alpha value is -2.63. The monoisotopic (exact) mass is 437 g/mol. The second-order valence-corrected chi connectivity index (χ2v) is 8.66. The fourth-order valence-electron chi connectivity index (χ4n) is 4.01. The van der Waals surface area contributed by atoms with Gasteiger partial charge in [0.2, 0.25) is 11.8 Å². The number of piperidine rings is 1. The second kappa shape index (κ2) is 9.67. The van der Waals surface area contributed by atoms with E-state index in [-0.39, 0.29) is 17.9 Å². The molecule has 31 heavy (non-hydrogen) atoms. The molecule has 0 spiro atoms. The number of aromatic nitrogens is 1. The van der Waals surface area contributed by atoms with E-state index in [0.29, 0.717) is 10.9 Å². The van der Waals surface area contributed by atoms with Crippen LogP contribution in [0.4, 0.5) is 0 Å². The van der Waals surface area contributed by atoms with Crippen molar-refractivity contribution in [2.45, 2.75) is 39.3 Å². The highest BCUT2D eigenvalue weighted by atomic mass is 35.5. The van der Waals surface area contributed by atoms with E-state index < -0.39 is 0 Å². The topological polar surface area (TPSA) is 58.4 Å². The molecule has 1 N–H and O–H groups in total. The number of hydrogen-bond acceptors (Lipinski definition) is 4. The molecule has 6 heteroatoms. The minimum absolute atomic E-state index is 0.0239. The summed E-state index contributed by atoms with van der Waals surface area (Å²) < 4.78 is 5.88. The standard InChI is InChI=1S/C25H28ClN3O2/c1-17(19-6-4-3-5-7-19)27-24(30)20-12-14-29(15-13-20)16-23-18(2)31-25(28-23)21-8-10-22(26)11-9-21/h3-11,17,20H,12-16H2,1-2H3,(H,27,30)/t17-/m1/s1. The van der Waals surface area contributed by atoms with E-state index in [2.05, 4.69) is 10.2 Å². The lowest BCUT2D eigenvalue weighted by Gasteiger charge is -2.31. The SMILES string of the molecule is Cc1oc(-c2ccc(Cl)cc2)nc1CN1CCC(C(=O)N[C@H](C)c2ccccc2)CC1. The zero-order valence-corrected chi connectivity index (χ0v) is 18.7. The molecule has 1 aliphatic rings. The van der Waals surface area contributed by atoms with Crippen molar-refractivity contribution < 1.29 is 9.21 Å². The van der Waals surface area contributed by atoms with Gasteiger partial charge in [0.1, 0.15) is 5.76 Å². The Balaban J connectivity index is 1.30. The number of nitrogens with zero attached hydrogens (tertiary/aromatic N) is 2. The summed E-state index contributed by atoms with van der Waals surface area (Å²) in [4.78, 5) is 19.8. The number of likely N-dealkylation sites (tertiary alicyclic amines) is 1. The van der Waals surface area contributed by atoms with Crippen molar-refractivity contribution >= 4 is 17.5 Å². The molecule has 5 nitrogen and oxygen atoms in total. The van der Waals surface area contributed by atoms with Crippen LogP contribution in [0.1, 0.15) is 42.8 Å². The van der Waals surface area contributed by atoms with Gasteiger partial charge in [0.25, 0.3) is 0 Å². The summed E-state index contributed by atoms with van der Waals surface area (Å²) in [6.07, 6.45) is 1.71. The first-order valence-corrected chi connectivity index (χ1v) is 11.2. The third kappa shape index (κ3) is 5.35. The maximum absolute atomic E-state index is 12.7. The van der Waals surface area contributed by atoms with Gasteiger partial charge in [-0.05, 0) is 69.6 Å². The third-order valence-corrected chi connectivity index (χ3v) is 6.23. The van der Waals surface area contributed by atoms with Crippen LogP contribution in [0.15, 0.2) is 59.0 Å². The summed E-state index contributed by atoms with van der Waals surface area (Å²) in [6, 6.07) is 17.6. The molecule has 1 atom stereocenters. The minimum Gasteiger partial charge on any atom is -0.441 e. The Morgan fingerprint density at radius 2 is 1.84 bits per heavy atom. The third-order valence-electron chi connectivity index (χ3n) is 5.97. The molecule has 0 saturated carbocycles. The maximum atomic E-state index is 12.7. The molecule has 0 aliphatic carbocycles. The lowest BCUT2D eigenvalue weighted by molar-refractivity contribution is -0.127. The first kappa shape index (κ1) is 21.6. The zero-order chi connectivity index (χ0) is 21.8. The summed E-state index contributed by atoms with van der Waals surface area (Å²) in [5.41, 5.74) is 3.00. The number of aryl methyl sites for hydroxylation is 1. The number of halogens is 1. The van der Waals surface area contributed by atoms with Gasteiger partial charge in [-0.3, -0.25) is 9.69 Å². The van der Waals surface area contributed by atoms with Crippen LogP contribution in [-0.2, 0) is 11.3 Å². The molecular weight excluding hydrogens is 410 g/mol. The molecular formula is C25H28ClN3O2. The van der Waals surface area contributed by atoms with Gasteiger partial charge >= 0.3 is 0 Å². The van der Waals surface area contributed by atoms with Crippen molar-refractivity contribution in [3.05, 3.63) is 76.6 Å². The van der Waals surface area contributed by atoms with Crippen LogP contribution in [0.3, 0.4) is 0 Å². The summed E-state index contributed by atoms with van der Waals surface area (Å²) in [5.74, 6) is 1.67. The average Bonchev–Trinajstić information content (AvgIpc) is 3.15. The van der Waals surface area contributed by atoms with Crippen LogP contribution in [-0.4, -0.2) is 28.9 Å². The average molecular weight is 438 g/mol. The van der Waals surface area contributed by atoms with Crippen LogP contribution in [0.5, 0.6) is 0 Å². The molecule has 2 aromatic carbocycles. The number of benzene rings is 2. The number of carbonyl (C=O) groups is 1. The molecule has 1 fully saturated rings. The van der Waals surface area contributed by atoms with Crippen LogP contribution < -0.4 is 5.32 Å². The van der Waals surface area contributed by atoms with Gasteiger partial charge in [0, 0.05) is 23.0 Å².